The fourth-order valence-electron chi connectivity index (χ4n) is 1.70. The van der Waals surface area contributed by atoms with Gasteiger partial charge in [0.05, 0.1) is 0 Å². The summed E-state index contributed by atoms with van der Waals surface area (Å²) in [7, 11) is 3.51. The summed E-state index contributed by atoms with van der Waals surface area (Å²) in [5.41, 5.74) is 0.109. The highest BCUT2D eigenvalue weighted by molar-refractivity contribution is 14.0. The number of hydrogen-bond donors (Lipinski definition) is 2. The minimum Gasteiger partial charge on any atom is -0.385 e. The van der Waals surface area contributed by atoms with Crippen molar-refractivity contribution in [3.05, 3.63) is 22.4 Å². The summed E-state index contributed by atoms with van der Waals surface area (Å²) < 4.78 is 5.02. The number of hydrogen-bond acceptors (Lipinski definition) is 3. The lowest BCUT2D eigenvalue weighted by Crippen LogP contribution is -2.43. The molecule has 0 fully saturated rings. The Morgan fingerprint density at radius 2 is 2.15 bits per heavy atom. The van der Waals surface area contributed by atoms with E-state index in [0.29, 0.717) is 0 Å². The Kier molecular flexibility index (Phi) is 10.2. The second-order valence-corrected chi connectivity index (χ2v) is 6.01. The van der Waals surface area contributed by atoms with Crippen molar-refractivity contribution in [2.24, 2.45) is 4.99 Å². The van der Waals surface area contributed by atoms with Crippen LogP contribution in [0.15, 0.2) is 22.5 Å². The Morgan fingerprint density at radius 1 is 1.40 bits per heavy atom. The Labute approximate surface area is 143 Å². The highest BCUT2D eigenvalue weighted by Gasteiger charge is 2.21. The number of nitrogens with zero attached hydrogens (tertiary/aromatic N) is 1. The van der Waals surface area contributed by atoms with E-state index in [9.17, 15) is 0 Å². The fraction of sp³-hybridized carbons (Fsp3) is 0.643. The van der Waals surface area contributed by atoms with Crippen LogP contribution in [0.2, 0.25) is 0 Å². The Bertz CT molecular complexity index is 380. The van der Waals surface area contributed by atoms with Gasteiger partial charge in [0.15, 0.2) is 5.96 Å². The van der Waals surface area contributed by atoms with Crippen molar-refractivity contribution in [1.82, 2.24) is 10.6 Å². The molecule has 0 aromatic carbocycles. The number of ether oxygens (including phenoxy) is 1. The van der Waals surface area contributed by atoms with Crippen LogP contribution in [0.1, 0.15) is 25.1 Å². The average molecular weight is 411 g/mol. The van der Waals surface area contributed by atoms with Crippen LogP contribution in [0.3, 0.4) is 0 Å². The lowest BCUT2D eigenvalue weighted by Gasteiger charge is -2.25. The zero-order chi connectivity index (χ0) is 14.1. The molecule has 0 unspecified atom stereocenters. The quantitative estimate of drug-likeness (QED) is 0.314. The van der Waals surface area contributed by atoms with Crippen molar-refractivity contribution < 1.29 is 4.74 Å². The number of rotatable bonds is 7. The molecule has 4 nitrogen and oxygen atoms in total. The predicted octanol–water partition coefficient (Wildman–Crippen LogP) is 2.85. The molecule has 1 heterocycles. The van der Waals surface area contributed by atoms with Gasteiger partial charge in [-0.1, -0.05) is 19.9 Å². The minimum absolute atomic E-state index is 0. The van der Waals surface area contributed by atoms with Crippen LogP contribution in [0.25, 0.3) is 0 Å². The van der Waals surface area contributed by atoms with E-state index in [2.05, 4.69) is 47.0 Å². The fourth-order valence-corrected chi connectivity index (χ4v) is 2.55. The van der Waals surface area contributed by atoms with E-state index in [1.807, 2.05) is 0 Å². The molecular formula is C14H26IN3OS. The van der Waals surface area contributed by atoms with Gasteiger partial charge in [-0.25, -0.2) is 0 Å². The SMILES string of the molecule is CN=C(NCCCOC)NCC(C)(C)c1cccs1.I. The third-order valence-corrected chi connectivity index (χ3v) is 4.16. The normalized spacial score (nSPS) is 11.9. The molecule has 1 rings (SSSR count). The average Bonchev–Trinajstić information content (AvgIpc) is 2.92. The molecule has 0 aliphatic carbocycles. The van der Waals surface area contributed by atoms with Crippen molar-refractivity contribution in [2.45, 2.75) is 25.7 Å². The van der Waals surface area contributed by atoms with Crippen molar-refractivity contribution in [3.63, 3.8) is 0 Å². The van der Waals surface area contributed by atoms with Crippen molar-refractivity contribution in [3.8, 4) is 0 Å². The zero-order valence-electron chi connectivity index (χ0n) is 12.7. The molecule has 0 aliphatic rings. The van der Waals surface area contributed by atoms with Gasteiger partial charge in [-0.2, -0.15) is 0 Å². The number of thiophene rings is 1. The topological polar surface area (TPSA) is 45.7 Å². The van der Waals surface area contributed by atoms with Gasteiger partial charge < -0.3 is 15.4 Å². The molecule has 6 heteroatoms. The highest BCUT2D eigenvalue weighted by Crippen LogP contribution is 2.26. The maximum Gasteiger partial charge on any atom is 0.191 e. The largest absolute Gasteiger partial charge is 0.385 e. The van der Waals surface area contributed by atoms with Gasteiger partial charge >= 0.3 is 0 Å². The molecule has 20 heavy (non-hydrogen) atoms. The van der Waals surface area contributed by atoms with Crippen molar-refractivity contribution in [1.29, 1.82) is 0 Å². The molecule has 0 bridgehead atoms. The van der Waals surface area contributed by atoms with Gasteiger partial charge in [-0.05, 0) is 17.9 Å². The number of guanidine groups is 1. The molecule has 0 saturated heterocycles. The Hall–Kier alpha value is -0.340. The van der Waals surface area contributed by atoms with E-state index in [-0.39, 0.29) is 29.4 Å². The van der Waals surface area contributed by atoms with E-state index in [1.54, 1.807) is 25.5 Å². The van der Waals surface area contributed by atoms with Crippen LogP contribution in [0.5, 0.6) is 0 Å². The van der Waals surface area contributed by atoms with Crippen LogP contribution in [-0.4, -0.2) is 39.8 Å². The summed E-state index contributed by atoms with van der Waals surface area (Å²) in [6.45, 7) is 6.98. The third kappa shape index (κ3) is 6.90. The Morgan fingerprint density at radius 3 is 2.70 bits per heavy atom. The second kappa shape index (κ2) is 10.4. The predicted molar refractivity (Wildman–Crippen MR) is 98.6 cm³/mol. The third-order valence-electron chi connectivity index (χ3n) is 2.93. The van der Waals surface area contributed by atoms with Crippen LogP contribution in [0.4, 0.5) is 0 Å². The molecule has 1 aromatic heterocycles. The maximum absolute atomic E-state index is 5.02. The van der Waals surface area contributed by atoms with Crippen LogP contribution in [0, 0.1) is 0 Å². The van der Waals surface area contributed by atoms with Crippen LogP contribution in [-0.2, 0) is 10.2 Å². The van der Waals surface area contributed by atoms with Gasteiger partial charge in [0, 0.05) is 44.1 Å². The first kappa shape index (κ1) is 19.7. The molecule has 0 atom stereocenters. The first-order valence-corrected chi connectivity index (χ1v) is 7.45. The summed E-state index contributed by atoms with van der Waals surface area (Å²) in [6.07, 6.45) is 0.978. The molecule has 0 amide bonds. The van der Waals surface area contributed by atoms with Crippen molar-refractivity contribution in [2.75, 3.05) is 33.9 Å². The van der Waals surface area contributed by atoms with Crippen LogP contribution >= 0.6 is 35.3 Å². The smallest absolute Gasteiger partial charge is 0.191 e. The molecular weight excluding hydrogens is 385 g/mol. The van der Waals surface area contributed by atoms with Gasteiger partial charge in [-0.15, -0.1) is 35.3 Å². The molecule has 0 spiro atoms. The lowest BCUT2D eigenvalue weighted by molar-refractivity contribution is 0.195. The molecule has 0 aliphatic heterocycles. The summed E-state index contributed by atoms with van der Waals surface area (Å²) in [5, 5.41) is 8.78. The molecule has 2 N–H and O–H groups in total. The zero-order valence-corrected chi connectivity index (χ0v) is 15.9. The summed E-state index contributed by atoms with van der Waals surface area (Å²) in [4.78, 5) is 5.61. The van der Waals surface area contributed by atoms with E-state index in [4.69, 9.17) is 4.74 Å². The van der Waals surface area contributed by atoms with Gasteiger partial charge in [0.1, 0.15) is 0 Å². The maximum atomic E-state index is 5.02. The van der Waals surface area contributed by atoms with Gasteiger partial charge in [0.25, 0.3) is 0 Å². The number of nitrogens with one attached hydrogen (secondary N) is 2. The van der Waals surface area contributed by atoms with E-state index >= 15 is 0 Å². The molecule has 0 radical (unpaired) electrons. The lowest BCUT2D eigenvalue weighted by atomic mass is 9.91. The number of aliphatic imine (C=N–C) groups is 1. The highest BCUT2D eigenvalue weighted by atomic mass is 127. The first-order chi connectivity index (χ1) is 9.10. The number of halogens is 1. The summed E-state index contributed by atoms with van der Waals surface area (Å²) in [5.74, 6) is 0.848. The van der Waals surface area contributed by atoms with Crippen molar-refractivity contribution >= 4 is 41.3 Å². The van der Waals surface area contributed by atoms with Gasteiger partial charge in [0.2, 0.25) is 0 Å². The van der Waals surface area contributed by atoms with E-state index in [1.165, 1.54) is 4.88 Å². The monoisotopic (exact) mass is 411 g/mol. The molecule has 0 saturated carbocycles. The Balaban J connectivity index is 0.00000361. The van der Waals surface area contributed by atoms with Crippen LogP contribution < -0.4 is 10.6 Å². The number of methoxy groups -OCH3 is 1. The molecule has 1 aromatic rings. The summed E-state index contributed by atoms with van der Waals surface area (Å²) in [6, 6.07) is 4.28. The van der Waals surface area contributed by atoms with E-state index < -0.39 is 0 Å². The molecule has 116 valence electrons. The summed E-state index contributed by atoms with van der Waals surface area (Å²) >= 11 is 1.80. The minimum atomic E-state index is 0. The standard InChI is InChI=1S/C14H25N3OS.HI/c1-14(2,12-7-5-10-19-12)11-17-13(15-3)16-8-6-9-18-4;/h5,7,10H,6,8-9,11H2,1-4H3,(H2,15,16,17);1H. The van der Waals surface area contributed by atoms with E-state index in [0.717, 1.165) is 32.1 Å². The first-order valence-electron chi connectivity index (χ1n) is 6.57. The van der Waals surface area contributed by atoms with Gasteiger partial charge in [-0.3, -0.25) is 4.99 Å². The second-order valence-electron chi connectivity index (χ2n) is 5.06.